The first-order valence-corrected chi connectivity index (χ1v) is 7.14. The predicted molar refractivity (Wildman–Crippen MR) is 77.5 cm³/mol. The van der Waals surface area contributed by atoms with Crippen LogP contribution in [0.25, 0.3) is 11.1 Å². The average molecular weight is 289 g/mol. The van der Waals surface area contributed by atoms with Crippen LogP contribution in [0.15, 0.2) is 10.6 Å². The first kappa shape index (κ1) is 14.0. The van der Waals surface area contributed by atoms with Crippen LogP contribution in [-0.4, -0.2) is 28.3 Å². The van der Waals surface area contributed by atoms with Gasteiger partial charge in [-0.25, -0.2) is 10.4 Å². The molecule has 1 aliphatic rings. The molecule has 2 aromatic heterocycles. The number of rotatable bonds is 3. The highest BCUT2D eigenvalue weighted by atomic mass is 16.5. The van der Waals surface area contributed by atoms with Crippen LogP contribution in [-0.2, 0) is 0 Å². The van der Waals surface area contributed by atoms with Crippen molar-refractivity contribution in [1.82, 2.24) is 26.3 Å². The molecule has 1 fully saturated rings. The number of nitrogens with one attached hydrogen (secondary N) is 3. The van der Waals surface area contributed by atoms with Crippen molar-refractivity contribution >= 4 is 17.0 Å². The number of amides is 1. The van der Waals surface area contributed by atoms with Gasteiger partial charge < -0.3 is 9.84 Å². The van der Waals surface area contributed by atoms with Crippen molar-refractivity contribution in [3.8, 4) is 0 Å². The Kier molecular flexibility index (Phi) is 3.60. The maximum atomic E-state index is 12.5. The summed E-state index contributed by atoms with van der Waals surface area (Å²) < 4.78 is 5.16. The van der Waals surface area contributed by atoms with Crippen LogP contribution in [0, 0.1) is 13.8 Å². The molecule has 0 bridgehead atoms. The van der Waals surface area contributed by atoms with Crippen molar-refractivity contribution in [3.05, 3.63) is 23.0 Å². The Bertz CT molecular complexity index is 681. The third-order valence-electron chi connectivity index (χ3n) is 3.77. The average Bonchev–Trinajstić information content (AvgIpc) is 3.05. The van der Waals surface area contributed by atoms with Gasteiger partial charge in [0.05, 0.1) is 22.8 Å². The number of nitrogens with zero attached hydrogens (tertiary/aromatic N) is 2. The molecule has 7 nitrogen and oxygen atoms in total. The maximum absolute atomic E-state index is 12.5. The second-order valence-electron chi connectivity index (χ2n) is 5.41. The number of aryl methyl sites for hydroxylation is 2. The third-order valence-corrected chi connectivity index (χ3v) is 3.77. The molecule has 3 heterocycles. The van der Waals surface area contributed by atoms with Gasteiger partial charge in [0.25, 0.3) is 11.6 Å². The minimum absolute atomic E-state index is 0.0777. The fourth-order valence-corrected chi connectivity index (χ4v) is 2.62. The van der Waals surface area contributed by atoms with E-state index in [9.17, 15) is 4.79 Å². The normalized spacial score (nSPS) is 21.9. The molecule has 3 rings (SSSR count). The van der Waals surface area contributed by atoms with Crippen LogP contribution < -0.4 is 16.2 Å². The van der Waals surface area contributed by atoms with Crippen molar-refractivity contribution < 1.29 is 9.32 Å². The zero-order chi connectivity index (χ0) is 15.0. The predicted octanol–water partition coefficient (Wildman–Crippen LogP) is 1.17. The summed E-state index contributed by atoms with van der Waals surface area (Å²) in [5.41, 5.74) is 8.61. The molecule has 2 aromatic rings. The second-order valence-corrected chi connectivity index (χ2v) is 5.41. The quantitative estimate of drug-likeness (QED) is 0.785. The molecule has 0 aliphatic carbocycles. The molecule has 3 N–H and O–H groups in total. The van der Waals surface area contributed by atoms with Crippen LogP contribution in [0.4, 0.5) is 0 Å². The van der Waals surface area contributed by atoms with Crippen LogP contribution in [0.3, 0.4) is 0 Å². The SMILES string of the molecule is CCC1CC(NC(=O)c2cc(C)nc3onc(C)c23)NN1. The highest BCUT2D eigenvalue weighted by Crippen LogP contribution is 2.22. The molecule has 2 unspecified atom stereocenters. The van der Waals surface area contributed by atoms with Crippen molar-refractivity contribution in [2.45, 2.75) is 45.8 Å². The largest absolute Gasteiger partial charge is 0.336 e. The second kappa shape index (κ2) is 5.42. The highest BCUT2D eigenvalue weighted by Gasteiger charge is 2.25. The van der Waals surface area contributed by atoms with Crippen molar-refractivity contribution in [3.63, 3.8) is 0 Å². The Balaban J connectivity index is 1.86. The molecule has 0 radical (unpaired) electrons. The molecule has 0 aromatic carbocycles. The van der Waals surface area contributed by atoms with Gasteiger partial charge in [0, 0.05) is 11.7 Å². The lowest BCUT2D eigenvalue weighted by Gasteiger charge is -2.12. The van der Waals surface area contributed by atoms with E-state index in [0.29, 0.717) is 28.4 Å². The fraction of sp³-hybridized carbons (Fsp3) is 0.500. The lowest BCUT2D eigenvalue weighted by atomic mass is 10.1. The molecule has 0 spiro atoms. The van der Waals surface area contributed by atoms with E-state index in [1.54, 1.807) is 6.07 Å². The number of hydrogen-bond donors (Lipinski definition) is 3. The van der Waals surface area contributed by atoms with Gasteiger partial charge in [0.15, 0.2) is 0 Å². The molecule has 1 aliphatic heterocycles. The summed E-state index contributed by atoms with van der Waals surface area (Å²) in [4.78, 5) is 16.8. The summed E-state index contributed by atoms with van der Waals surface area (Å²) in [6.45, 7) is 5.75. The van der Waals surface area contributed by atoms with Gasteiger partial charge in [-0.2, -0.15) is 0 Å². The van der Waals surface area contributed by atoms with E-state index in [-0.39, 0.29) is 12.1 Å². The standard InChI is InChI=1S/C14H19N5O2/c1-4-9-6-11(18-17-9)16-13(20)10-5-7(2)15-14-12(10)8(3)19-21-14/h5,9,11,17-18H,4,6H2,1-3H3,(H,16,20). The van der Waals surface area contributed by atoms with Gasteiger partial charge in [-0.1, -0.05) is 12.1 Å². The topological polar surface area (TPSA) is 92.1 Å². The number of hydrazine groups is 1. The van der Waals surface area contributed by atoms with E-state index in [1.165, 1.54) is 0 Å². The summed E-state index contributed by atoms with van der Waals surface area (Å²) in [6, 6.07) is 2.15. The number of carbonyl (C=O) groups is 1. The molecule has 21 heavy (non-hydrogen) atoms. The molecule has 1 saturated heterocycles. The van der Waals surface area contributed by atoms with Gasteiger partial charge in [-0.3, -0.25) is 10.2 Å². The van der Waals surface area contributed by atoms with E-state index in [0.717, 1.165) is 18.5 Å². The van der Waals surface area contributed by atoms with Gasteiger partial charge >= 0.3 is 0 Å². The number of aromatic nitrogens is 2. The monoisotopic (exact) mass is 289 g/mol. The van der Waals surface area contributed by atoms with Crippen LogP contribution in [0.5, 0.6) is 0 Å². The maximum Gasteiger partial charge on any atom is 0.258 e. The van der Waals surface area contributed by atoms with E-state index < -0.39 is 0 Å². The minimum atomic E-state index is -0.146. The Labute approximate surface area is 122 Å². The lowest BCUT2D eigenvalue weighted by molar-refractivity contribution is 0.0933. The number of carbonyl (C=O) groups excluding carboxylic acids is 1. The van der Waals surface area contributed by atoms with E-state index >= 15 is 0 Å². The minimum Gasteiger partial charge on any atom is -0.336 e. The first-order chi connectivity index (χ1) is 10.1. The molecule has 2 atom stereocenters. The molecule has 112 valence electrons. The zero-order valence-electron chi connectivity index (χ0n) is 12.4. The molecule has 1 amide bonds. The fourth-order valence-electron chi connectivity index (χ4n) is 2.62. The Morgan fingerprint density at radius 3 is 3.00 bits per heavy atom. The Morgan fingerprint density at radius 1 is 1.48 bits per heavy atom. The van der Waals surface area contributed by atoms with Crippen molar-refractivity contribution in [1.29, 1.82) is 0 Å². The summed E-state index contributed by atoms with van der Waals surface area (Å²) in [5.74, 6) is -0.146. The third kappa shape index (κ3) is 2.62. The molecular formula is C14H19N5O2. The zero-order valence-corrected chi connectivity index (χ0v) is 12.4. The smallest absolute Gasteiger partial charge is 0.258 e. The van der Waals surface area contributed by atoms with E-state index in [4.69, 9.17) is 4.52 Å². The van der Waals surface area contributed by atoms with E-state index in [2.05, 4.69) is 33.2 Å². The van der Waals surface area contributed by atoms with Crippen molar-refractivity contribution in [2.75, 3.05) is 0 Å². The van der Waals surface area contributed by atoms with Crippen LogP contribution in [0.1, 0.15) is 41.5 Å². The van der Waals surface area contributed by atoms with Gasteiger partial charge in [0.1, 0.15) is 0 Å². The van der Waals surface area contributed by atoms with Crippen LogP contribution >= 0.6 is 0 Å². The Morgan fingerprint density at radius 2 is 2.29 bits per heavy atom. The Hall–Kier alpha value is -1.99. The summed E-state index contributed by atoms with van der Waals surface area (Å²) >= 11 is 0. The molecular weight excluding hydrogens is 270 g/mol. The molecule has 0 saturated carbocycles. The van der Waals surface area contributed by atoms with E-state index in [1.807, 2.05) is 13.8 Å². The molecule has 7 heteroatoms. The highest BCUT2D eigenvalue weighted by molar-refractivity contribution is 6.06. The van der Waals surface area contributed by atoms with Crippen molar-refractivity contribution in [2.24, 2.45) is 0 Å². The summed E-state index contributed by atoms with van der Waals surface area (Å²) in [5, 5.41) is 7.55. The summed E-state index contributed by atoms with van der Waals surface area (Å²) in [7, 11) is 0. The van der Waals surface area contributed by atoms with Gasteiger partial charge in [-0.15, -0.1) is 0 Å². The van der Waals surface area contributed by atoms with Gasteiger partial charge in [0.2, 0.25) is 0 Å². The first-order valence-electron chi connectivity index (χ1n) is 7.14. The summed E-state index contributed by atoms with van der Waals surface area (Å²) in [6.07, 6.45) is 1.80. The van der Waals surface area contributed by atoms with Gasteiger partial charge in [-0.05, 0) is 32.8 Å². The lowest BCUT2D eigenvalue weighted by Crippen LogP contribution is -2.44. The number of pyridine rings is 1. The number of fused-ring (bicyclic) bond motifs is 1. The number of hydrogen-bond acceptors (Lipinski definition) is 6. The van der Waals surface area contributed by atoms with Crippen LogP contribution in [0.2, 0.25) is 0 Å².